The Balaban J connectivity index is 2.05. The predicted molar refractivity (Wildman–Crippen MR) is 110 cm³/mol. The second kappa shape index (κ2) is 8.69. The molecule has 0 fully saturated rings. The van der Waals surface area contributed by atoms with E-state index in [2.05, 4.69) is 109 Å². The van der Waals surface area contributed by atoms with Crippen LogP contribution >= 0.6 is 22.6 Å². The molecule has 2 nitrogen and oxygen atoms in total. The number of rotatable bonds is 7. The summed E-state index contributed by atoms with van der Waals surface area (Å²) in [5.41, 5.74) is 5.42. The van der Waals surface area contributed by atoms with E-state index >= 15 is 0 Å². The standard InChI is InChI=1S/C20H27IN2/c1-16(18-7-5-17(15-21)6-8-18)19-9-11-20(12-10-19)23(4)14-13-22(2)3/h5-12,16H,13-15H2,1-4H3. The summed E-state index contributed by atoms with van der Waals surface area (Å²) in [7, 11) is 6.38. The van der Waals surface area contributed by atoms with E-state index in [0.717, 1.165) is 17.5 Å². The number of benzene rings is 2. The molecule has 0 radical (unpaired) electrons. The molecule has 124 valence electrons. The van der Waals surface area contributed by atoms with Gasteiger partial charge in [0.25, 0.3) is 0 Å². The number of nitrogens with zero attached hydrogens (tertiary/aromatic N) is 2. The van der Waals surface area contributed by atoms with Crippen molar-refractivity contribution < 1.29 is 0 Å². The third kappa shape index (κ3) is 5.21. The Hall–Kier alpha value is -1.07. The Bertz CT molecular complexity index is 590. The molecule has 0 aromatic heterocycles. The van der Waals surface area contributed by atoms with Crippen LogP contribution in [0.5, 0.6) is 0 Å². The highest BCUT2D eigenvalue weighted by molar-refractivity contribution is 14.1. The van der Waals surface area contributed by atoms with Crippen LogP contribution < -0.4 is 4.90 Å². The summed E-state index contributed by atoms with van der Waals surface area (Å²) >= 11 is 2.41. The summed E-state index contributed by atoms with van der Waals surface area (Å²) in [6, 6.07) is 18.0. The van der Waals surface area contributed by atoms with Crippen molar-refractivity contribution in [3.8, 4) is 0 Å². The lowest BCUT2D eigenvalue weighted by Gasteiger charge is -2.22. The molecule has 2 aromatic carbocycles. The molecular weight excluding hydrogens is 395 g/mol. The van der Waals surface area contributed by atoms with Crippen molar-refractivity contribution in [3.05, 3.63) is 65.2 Å². The second-order valence-corrected chi connectivity index (χ2v) is 7.18. The zero-order valence-electron chi connectivity index (χ0n) is 14.6. The molecule has 2 rings (SSSR count). The fourth-order valence-electron chi connectivity index (χ4n) is 2.58. The lowest BCUT2D eigenvalue weighted by Crippen LogP contribution is -2.28. The monoisotopic (exact) mass is 422 g/mol. The molecule has 0 saturated heterocycles. The highest BCUT2D eigenvalue weighted by Crippen LogP contribution is 2.26. The zero-order chi connectivity index (χ0) is 16.8. The average molecular weight is 422 g/mol. The molecule has 1 unspecified atom stereocenters. The topological polar surface area (TPSA) is 6.48 Å². The van der Waals surface area contributed by atoms with Crippen LogP contribution in [0.15, 0.2) is 48.5 Å². The number of hydrogen-bond donors (Lipinski definition) is 0. The molecule has 0 N–H and O–H groups in total. The maximum atomic E-state index is 2.41. The van der Waals surface area contributed by atoms with Gasteiger partial charge in [0.05, 0.1) is 0 Å². The van der Waals surface area contributed by atoms with E-state index in [1.54, 1.807) is 0 Å². The quantitative estimate of drug-likeness (QED) is 0.469. The van der Waals surface area contributed by atoms with Gasteiger partial charge in [0, 0.05) is 36.2 Å². The van der Waals surface area contributed by atoms with Gasteiger partial charge in [0.2, 0.25) is 0 Å². The largest absolute Gasteiger partial charge is 0.373 e. The van der Waals surface area contributed by atoms with Gasteiger partial charge in [-0.05, 0) is 42.9 Å². The molecule has 0 aliphatic carbocycles. The summed E-state index contributed by atoms with van der Waals surface area (Å²) in [6.45, 7) is 4.39. The van der Waals surface area contributed by atoms with Crippen LogP contribution in [0.2, 0.25) is 0 Å². The molecule has 0 spiro atoms. The van der Waals surface area contributed by atoms with Crippen molar-refractivity contribution in [2.45, 2.75) is 17.3 Å². The van der Waals surface area contributed by atoms with Gasteiger partial charge >= 0.3 is 0 Å². The lowest BCUT2D eigenvalue weighted by molar-refractivity contribution is 0.416. The van der Waals surface area contributed by atoms with Gasteiger partial charge in [-0.3, -0.25) is 0 Å². The SMILES string of the molecule is CC(c1ccc(CI)cc1)c1ccc(N(C)CCN(C)C)cc1. The van der Waals surface area contributed by atoms with Crippen LogP contribution in [0.3, 0.4) is 0 Å². The predicted octanol–water partition coefficient (Wildman–Crippen LogP) is 4.77. The number of halogens is 1. The van der Waals surface area contributed by atoms with E-state index in [4.69, 9.17) is 0 Å². The Kier molecular flexibility index (Phi) is 6.90. The van der Waals surface area contributed by atoms with E-state index in [1.807, 2.05) is 0 Å². The van der Waals surface area contributed by atoms with Gasteiger partial charge < -0.3 is 9.80 Å². The fraction of sp³-hybridized carbons (Fsp3) is 0.400. The summed E-state index contributed by atoms with van der Waals surface area (Å²) in [4.78, 5) is 4.52. The first-order chi connectivity index (χ1) is 11.0. The fourth-order valence-corrected chi connectivity index (χ4v) is 3.09. The number of likely N-dealkylation sites (N-methyl/N-ethyl adjacent to an activating group) is 2. The Labute approximate surface area is 154 Å². The highest BCUT2D eigenvalue weighted by atomic mass is 127. The molecule has 2 aromatic rings. The molecule has 0 bridgehead atoms. The number of anilines is 1. The van der Waals surface area contributed by atoms with Gasteiger partial charge in [-0.25, -0.2) is 0 Å². The summed E-state index contributed by atoms with van der Waals surface area (Å²) in [5.74, 6) is 0.430. The summed E-state index contributed by atoms with van der Waals surface area (Å²) in [6.07, 6.45) is 0. The molecule has 0 saturated carbocycles. The minimum atomic E-state index is 0.430. The normalized spacial score (nSPS) is 12.4. The van der Waals surface area contributed by atoms with Crippen LogP contribution in [0, 0.1) is 0 Å². The van der Waals surface area contributed by atoms with Crippen molar-refractivity contribution in [2.75, 3.05) is 39.1 Å². The van der Waals surface area contributed by atoms with Crippen molar-refractivity contribution >= 4 is 28.3 Å². The first kappa shape index (κ1) is 18.3. The minimum Gasteiger partial charge on any atom is -0.373 e. The first-order valence-electron chi connectivity index (χ1n) is 8.12. The molecular formula is C20H27IN2. The Morgan fingerprint density at radius 1 is 0.826 bits per heavy atom. The van der Waals surface area contributed by atoms with Gasteiger partial charge in [0.1, 0.15) is 0 Å². The van der Waals surface area contributed by atoms with Gasteiger partial charge in [-0.15, -0.1) is 0 Å². The zero-order valence-corrected chi connectivity index (χ0v) is 16.7. The van der Waals surface area contributed by atoms with E-state index in [9.17, 15) is 0 Å². The van der Waals surface area contributed by atoms with Crippen molar-refractivity contribution in [1.29, 1.82) is 0 Å². The van der Waals surface area contributed by atoms with Crippen molar-refractivity contribution in [3.63, 3.8) is 0 Å². The average Bonchev–Trinajstić information content (AvgIpc) is 2.59. The molecule has 0 heterocycles. The van der Waals surface area contributed by atoms with E-state index in [0.29, 0.717) is 5.92 Å². The van der Waals surface area contributed by atoms with Gasteiger partial charge in [-0.1, -0.05) is 65.9 Å². The highest BCUT2D eigenvalue weighted by Gasteiger charge is 2.09. The summed E-state index contributed by atoms with van der Waals surface area (Å²) in [5, 5.41) is 0. The maximum absolute atomic E-state index is 2.41. The molecule has 0 aliphatic heterocycles. The van der Waals surface area contributed by atoms with E-state index in [-0.39, 0.29) is 0 Å². The first-order valence-corrected chi connectivity index (χ1v) is 9.64. The molecule has 0 amide bonds. The van der Waals surface area contributed by atoms with Gasteiger partial charge in [0.15, 0.2) is 0 Å². The van der Waals surface area contributed by atoms with Crippen LogP contribution in [0.4, 0.5) is 5.69 Å². The van der Waals surface area contributed by atoms with Crippen LogP contribution in [-0.4, -0.2) is 39.1 Å². The minimum absolute atomic E-state index is 0.430. The number of alkyl halides is 1. The Morgan fingerprint density at radius 3 is 1.83 bits per heavy atom. The second-order valence-electron chi connectivity index (χ2n) is 6.41. The Morgan fingerprint density at radius 2 is 1.35 bits per heavy atom. The van der Waals surface area contributed by atoms with Crippen LogP contribution in [-0.2, 0) is 4.43 Å². The van der Waals surface area contributed by atoms with Gasteiger partial charge in [-0.2, -0.15) is 0 Å². The third-order valence-electron chi connectivity index (χ3n) is 4.35. The summed E-state index contributed by atoms with van der Waals surface area (Å²) < 4.78 is 1.07. The molecule has 23 heavy (non-hydrogen) atoms. The van der Waals surface area contributed by atoms with Crippen molar-refractivity contribution in [2.24, 2.45) is 0 Å². The number of hydrogen-bond acceptors (Lipinski definition) is 2. The lowest BCUT2D eigenvalue weighted by atomic mass is 9.92. The molecule has 1 atom stereocenters. The third-order valence-corrected chi connectivity index (χ3v) is 5.23. The maximum Gasteiger partial charge on any atom is 0.0364 e. The van der Waals surface area contributed by atoms with Crippen LogP contribution in [0.25, 0.3) is 0 Å². The van der Waals surface area contributed by atoms with Crippen LogP contribution in [0.1, 0.15) is 29.5 Å². The van der Waals surface area contributed by atoms with E-state index in [1.165, 1.54) is 22.4 Å². The van der Waals surface area contributed by atoms with Crippen molar-refractivity contribution in [1.82, 2.24) is 4.90 Å². The molecule has 3 heteroatoms. The van der Waals surface area contributed by atoms with E-state index < -0.39 is 0 Å². The molecule has 0 aliphatic rings. The smallest absolute Gasteiger partial charge is 0.0364 e.